The maximum atomic E-state index is 8.78. The van der Waals surface area contributed by atoms with Crippen LogP contribution in [0, 0.1) is 0 Å². The zero-order valence-electron chi connectivity index (χ0n) is 7.43. The minimum Gasteiger partial charge on any atom is -0.317 e. The summed E-state index contributed by atoms with van der Waals surface area (Å²) in [4.78, 5) is 26.4. The smallest absolute Gasteiger partial charge is 0.317 e. The van der Waals surface area contributed by atoms with Crippen LogP contribution in [-0.2, 0) is 0 Å². The van der Waals surface area contributed by atoms with Crippen molar-refractivity contribution in [1.82, 2.24) is 5.32 Å². The minimum atomic E-state index is -3.77. The molecule has 80 valence electrons. The Morgan fingerprint density at radius 1 is 1.31 bits per heavy atom. The summed E-state index contributed by atoms with van der Waals surface area (Å²) in [5.74, 6) is -0.733. The molecule has 0 radical (unpaired) electrons. The van der Waals surface area contributed by atoms with Gasteiger partial charge in [-0.3, -0.25) is 5.32 Å². The lowest BCUT2D eigenvalue weighted by Gasteiger charge is -2.10. The van der Waals surface area contributed by atoms with Gasteiger partial charge in [-0.25, -0.2) is 0 Å². The zero-order chi connectivity index (χ0) is 10.5. The van der Waals surface area contributed by atoms with Crippen LogP contribution in [0.2, 0.25) is 0 Å². The van der Waals surface area contributed by atoms with Crippen molar-refractivity contribution < 1.29 is 20.4 Å². The summed E-state index contributed by atoms with van der Waals surface area (Å²) < 4.78 is 0. The van der Waals surface area contributed by atoms with Gasteiger partial charge in [0.2, 0.25) is 0 Å². The van der Waals surface area contributed by atoms with Gasteiger partial charge >= 0.3 is 7.94 Å². The van der Waals surface area contributed by atoms with Crippen LogP contribution in [-0.4, -0.2) is 33.3 Å². The normalized spacial score (nSPS) is 15.0. The van der Waals surface area contributed by atoms with Crippen LogP contribution in [0.4, 0.5) is 0 Å². The first-order chi connectivity index (χ1) is 5.84. The molecule has 0 aromatic heterocycles. The van der Waals surface area contributed by atoms with Crippen molar-refractivity contribution in [2.75, 3.05) is 6.54 Å². The molecule has 0 saturated heterocycles. The second kappa shape index (κ2) is 5.79. The van der Waals surface area contributed by atoms with Gasteiger partial charge in [0.15, 0.2) is 0 Å². The molecule has 0 aromatic rings. The van der Waals surface area contributed by atoms with E-state index >= 15 is 0 Å². The fourth-order valence-corrected chi connectivity index (χ4v) is 1.31. The number of hydrogen-bond acceptors (Lipinski definition) is 6. The fraction of sp³-hybridized carbons (Fsp3) is 1.00. The Bertz CT molecular complexity index is 140. The first kappa shape index (κ1) is 13.2. The van der Waals surface area contributed by atoms with E-state index in [1.54, 1.807) is 0 Å². The third kappa shape index (κ3) is 7.24. The average Bonchev–Trinajstić information content (AvgIpc) is 1.95. The highest BCUT2D eigenvalue weighted by atomic mass is 31.2. The van der Waals surface area contributed by atoms with Gasteiger partial charge in [0.25, 0.3) is 5.78 Å². The molecular weight excluding hydrogens is 195 g/mol. The molecule has 1 atom stereocenters. The largest absolute Gasteiger partial charge is 0.465 e. The van der Waals surface area contributed by atoms with Crippen LogP contribution in [0.3, 0.4) is 0 Å². The standard InChI is InChI=1S/C5H18N4O3P/c6-4(13(10,11)12)2-1-3-9-5(7)8/h4-5,9-12H,1-3,6-8H2/q+1/p+1/t4-/m1/s1. The predicted octanol–water partition coefficient (Wildman–Crippen LogP) is -3.14. The molecule has 0 unspecified atom stereocenters. The minimum absolute atomic E-state index is 0.414. The summed E-state index contributed by atoms with van der Waals surface area (Å²) in [6.45, 7) is 0.559. The summed E-state index contributed by atoms with van der Waals surface area (Å²) in [5, 5.41) is 2.75. The lowest BCUT2D eigenvalue weighted by Crippen LogP contribution is -2.61. The Labute approximate surface area is 77.5 Å². The molecule has 0 rings (SSSR count). The molecular formula is C5H19N4O3P+2. The van der Waals surface area contributed by atoms with Crippen molar-refractivity contribution in [3.8, 4) is 0 Å². The summed E-state index contributed by atoms with van der Waals surface area (Å²) >= 11 is 0. The Kier molecular flexibility index (Phi) is 5.86. The molecule has 0 aliphatic heterocycles. The number of nitrogens with one attached hydrogen (secondary N) is 1. The van der Waals surface area contributed by atoms with E-state index < -0.39 is 20.0 Å². The van der Waals surface area contributed by atoms with Crippen LogP contribution in [0.25, 0.3) is 0 Å². The summed E-state index contributed by atoms with van der Waals surface area (Å²) in [6.07, 6.45) is 0.472. The molecule has 0 heterocycles. The topological polar surface area (TPSA) is 152 Å². The van der Waals surface area contributed by atoms with Gasteiger partial charge in [-0.05, 0) is 13.0 Å². The van der Waals surface area contributed by atoms with Crippen molar-refractivity contribution >= 4 is 7.94 Å². The zero-order valence-corrected chi connectivity index (χ0v) is 8.32. The number of rotatable bonds is 6. The van der Waals surface area contributed by atoms with E-state index in [2.05, 4.69) is 11.1 Å². The Morgan fingerprint density at radius 2 is 1.85 bits per heavy atom. The predicted molar refractivity (Wildman–Crippen MR) is 49.7 cm³/mol. The third-order valence-corrected chi connectivity index (χ3v) is 2.82. The molecule has 0 bridgehead atoms. The Morgan fingerprint density at radius 3 is 2.23 bits per heavy atom. The highest BCUT2D eigenvalue weighted by Crippen LogP contribution is 2.48. The second-order valence-corrected chi connectivity index (χ2v) is 4.85. The molecule has 11 N–H and O–H groups in total. The maximum absolute atomic E-state index is 8.78. The molecule has 0 fully saturated rings. The van der Waals surface area contributed by atoms with Gasteiger partial charge < -0.3 is 17.2 Å². The quantitative estimate of drug-likeness (QED) is 0.141. The first-order valence-corrected chi connectivity index (χ1v) is 5.70. The Hall–Kier alpha value is 0.150. The van der Waals surface area contributed by atoms with Crippen molar-refractivity contribution in [1.29, 1.82) is 0 Å². The highest BCUT2D eigenvalue weighted by molar-refractivity contribution is 7.59. The summed E-state index contributed by atoms with van der Waals surface area (Å²) in [5.41, 5.74) is 13.8. The van der Waals surface area contributed by atoms with E-state index in [-0.39, 0.29) is 0 Å². The Balaban J connectivity index is 3.43. The molecule has 0 saturated carbocycles. The van der Waals surface area contributed by atoms with E-state index in [0.29, 0.717) is 19.4 Å². The number of nitrogens with two attached hydrogens (primary N) is 2. The maximum Gasteiger partial charge on any atom is 0.465 e. The second-order valence-electron chi connectivity index (χ2n) is 2.89. The molecule has 7 nitrogen and oxygen atoms in total. The van der Waals surface area contributed by atoms with Crippen LogP contribution in [0.1, 0.15) is 12.8 Å². The van der Waals surface area contributed by atoms with Crippen LogP contribution < -0.4 is 22.5 Å². The van der Waals surface area contributed by atoms with Gasteiger partial charge in [0.1, 0.15) is 6.29 Å². The van der Waals surface area contributed by atoms with Crippen LogP contribution in [0.5, 0.6) is 0 Å². The SMILES string of the molecule is NC(N)NCCC[C@H]([NH3+])[P+](O)(O)O. The van der Waals surface area contributed by atoms with Crippen molar-refractivity contribution in [2.24, 2.45) is 11.5 Å². The van der Waals surface area contributed by atoms with E-state index in [1.165, 1.54) is 0 Å². The lowest BCUT2D eigenvalue weighted by molar-refractivity contribution is -0.396. The van der Waals surface area contributed by atoms with Gasteiger partial charge in [-0.2, -0.15) is 14.7 Å². The summed E-state index contributed by atoms with van der Waals surface area (Å²) in [6, 6.07) is 0. The molecule has 0 aliphatic rings. The monoisotopic (exact) mass is 214 g/mol. The molecule has 0 spiro atoms. The van der Waals surface area contributed by atoms with Crippen molar-refractivity contribution in [3.05, 3.63) is 0 Å². The van der Waals surface area contributed by atoms with Crippen LogP contribution in [0.15, 0.2) is 0 Å². The number of quaternary nitrogens is 1. The third-order valence-electron chi connectivity index (χ3n) is 1.58. The first-order valence-electron chi connectivity index (χ1n) is 3.98. The fourth-order valence-electron chi connectivity index (χ4n) is 0.780. The van der Waals surface area contributed by atoms with E-state index in [0.717, 1.165) is 0 Å². The van der Waals surface area contributed by atoms with Gasteiger partial charge in [-0.15, -0.1) is 0 Å². The molecule has 0 amide bonds. The van der Waals surface area contributed by atoms with Crippen molar-refractivity contribution in [3.63, 3.8) is 0 Å². The van der Waals surface area contributed by atoms with Crippen LogP contribution >= 0.6 is 7.94 Å². The van der Waals surface area contributed by atoms with E-state index in [4.69, 9.17) is 26.1 Å². The molecule has 13 heavy (non-hydrogen) atoms. The van der Waals surface area contributed by atoms with E-state index in [9.17, 15) is 0 Å². The van der Waals surface area contributed by atoms with E-state index in [1.807, 2.05) is 0 Å². The van der Waals surface area contributed by atoms with Gasteiger partial charge in [0.05, 0.1) is 0 Å². The summed E-state index contributed by atoms with van der Waals surface area (Å²) in [7, 11) is -3.77. The number of hydrogen-bond donors (Lipinski definition) is 7. The molecule has 8 heteroatoms. The van der Waals surface area contributed by atoms with Gasteiger partial charge in [-0.1, -0.05) is 0 Å². The highest BCUT2D eigenvalue weighted by Gasteiger charge is 2.42. The van der Waals surface area contributed by atoms with Crippen molar-refractivity contribution in [2.45, 2.75) is 24.9 Å². The molecule has 0 aromatic carbocycles. The molecule has 0 aliphatic carbocycles. The lowest BCUT2D eigenvalue weighted by atomic mass is 10.3. The average molecular weight is 214 g/mol. The van der Waals surface area contributed by atoms with Gasteiger partial charge in [0, 0.05) is 6.42 Å².